The number of hydrogen-bond donors (Lipinski definition) is 0. The molecule has 35 heavy (non-hydrogen) atoms. The first-order valence-electron chi connectivity index (χ1n) is 11.6. The second-order valence-corrected chi connectivity index (χ2v) is 8.46. The Morgan fingerprint density at radius 3 is 1.89 bits per heavy atom. The van der Waals surface area contributed by atoms with E-state index in [0.29, 0.717) is 5.89 Å². The van der Waals surface area contributed by atoms with Crippen LogP contribution in [-0.4, -0.2) is 4.98 Å². The molecule has 0 atom stereocenters. The van der Waals surface area contributed by atoms with Crippen LogP contribution in [0.1, 0.15) is 0 Å². The quantitative estimate of drug-likeness (QED) is 0.267. The zero-order valence-electron chi connectivity index (χ0n) is 18.8. The lowest BCUT2D eigenvalue weighted by molar-refractivity contribution is 0.620. The highest BCUT2D eigenvalue weighted by atomic mass is 16.4. The Morgan fingerprint density at radius 1 is 0.543 bits per heavy atom. The van der Waals surface area contributed by atoms with Crippen molar-refractivity contribution in [2.24, 2.45) is 0 Å². The van der Waals surface area contributed by atoms with E-state index in [9.17, 15) is 0 Å². The van der Waals surface area contributed by atoms with E-state index >= 15 is 0 Å². The molecular weight excluding hydrogens is 432 g/mol. The highest BCUT2D eigenvalue weighted by molar-refractivity contribution is 6.12. The van der Waals surface area contributed by atoms with Crippen molar-refractivity contribution < 1.29 is 8.83 Å². The maximum Gasteiger partial charge on any atom is 0.227 e. The average Bonchev–Trinajstić information content (AvgIpc) is 3.50. The smallest absolute Gasteiger partial charge is 0.227 e. The van der Waals surface area contributed by atoms with Gasteiger partial charge in [-0.05, 0) is 48.5 Å². The molecule has 0 saturated carbocycles. The van der Waals surface area contributed by atoms with Gasteiger partial charge in [-0.25, -0.2) is 4.98 Å². The zero-order chi connectivity index (χ0) is 23.2. The average molecular weight is 453 g/mol. The topological polar surface area (TPSA) is 42.4 Å². The highest BCUT2D eigenvalue weighted by Crippen LogP contribution is 2.42. The summed E-state index contributed by atoms with van der Waals surface area (Å²) in [4.78, 5) is 6.94. The Hall–Kier alpha value is -4.83. The van der Waals surface area contributed by atoms with Gasteiger partial charge < -0.3 is 13.7 Å². The molecule has 0 aliphatic heterocycles. The molecule has 0 aliphatic carbocycles. The van der Waals surface area contributed by atoms with E-state index < -0.39 is 0 Å². The molecule has 4 nitrogen and oxygen atoms in total. The monoisotopic (exact) mass is 452 g/mol. The van der Waals surface area contributed by atoms with Gasteiger partial charge in [-0.2, -0.15) is 0 Å². The molecule has 0 amide bonds. The van der Waals surface area contributed by atoms with Crippen LogP contribution in [0.25, 0.3) is 44.5 Å². The molecule has 2 aromatic heterocycles. The van der Waals surface area contributed by atoms with Gasteiger partial charge in [0.15, 0.2) is 11.2 Å². The second kappa shape index (κ2) is 7.89. The van der Waals surface area contributed by atoms with Gasteiger partial charge in [0.25, 0.3) is 0 Å². The van der Waals surface area contributed by atoms with Crippen molar-refractivity contribution in [3.8, 4) is 11.5 Å². The van der Waals surface area contributed by atoms with Crippen LogP contribution in [0.3, 0.4) is 0 Å². The van der Waals surface area contributed by atoms with Crippen LogP contribution < -0.4 is 4.90 Å². The third kappa shape index (κ3) is 3.27. The van der Waals surface area contributed by atoms with Gasteiger partial charge in [-0.15, -0.1) is 0 Å². The summed E-state index contributed by atoms with van der Waals surface area (Å²) >= 11 is 0. The fraction of sp³-hybridized carbons (Fsp3) is 0. The number of oxazole rings is 1. The van der Waals surface area contributed by atoms with E-state index in [1.54, 1.807) is 0 Å². The summed E-state index contributed by atoms with van der Waals surface area (Å²) in [5, 5.41) is 2.04. The summed E-state index contributed by atoms with van der Waals surface area (Å²) in [6, 6.07) is 40.9. The van der Waals surface area contributed by atoms with Crippen LogP contribution in [-0.2, 0) is 0 Å². The molecule has 0 aliphatic rings. The largest absolute Gasteiger partial charge is 0.454 e. The molecule has 7 rings (SSSR count). The molecule has 7 aromatic rings. The maximum atomic E-state index is 6.51. The molecule has 166 valence electrons. The first kappa shape index (κ1) is 19.6. The second-order valence-electron chi connectivity index (χ2n) is 8.46. The molecule has 0 fully saturated rings. The first-order chi connectivity index (χ1) is 17.3. The van der Waals surface area contributed by atoms with Gasteiger partial charge in [0.05, 0.1) is 5.69 Å². The minimum atomic E-state index is 0.609. The highest BCUT2D eigenvalue weighted by Gasteiger charge is 2.20. The number of aromatic nitrogens is 1. The van der Waals surface area contributed by atoms with Crippen LogP contribution >= 0.6 is 0 Å². The molecule has 2 heterocycles. The van der Waals surface area contributed by atoms with Gasteiger partial charge in [0.2, 0.25) is 5.89 Å². The predicted octanol–water partition coefficient (Wildman–Crippen LogP) is 8.86. The molecule has 0 N–H and O–H groups in total. The fourth-order valence-electron chi connectivity index (χ4n) is 4.67. The number of furan rings is 1. The third-order valence-electron chi connectivity index (χ3n) is 6.28. The van der Waals surface area contributed by atoms with Crippen molar-refractivity contribution in [1.29, 1.82) is 0 Å². The van der Waals surface area contributed by atoms with Crippen LogP contribution in [0.5, 0.6) is 0 Å². The van der Waals surface area contributed by atoms with Crippen LogP contribution in [0.4, 0.5) is 17.1 Å². The van der Waals surface area contributed by atoms with E-state index in [2.05, 4.69) is 47.4 Å². The van der Waals surface area contributed by atoms with Crippen molar-refractivity contribution in [3.05, 3.63) is 121 Å². The van der Waals surface area contributed by atoms with E-state index in [4.69, 9.17) is 13.8 Å². The van der Waals surface area contributed by atoms with E-state index in [1.165, 1.54) is 0 Å². The first-order valence-corrected chi connectivity index (χ1v) is 11.6. The molecular formula is C31H20N2O2. The van der Waals surface area contributed by atoms with E-state index in [0.717, 1.165) is 55.7 Å². The lowest BCUT2D eigenvalue weighted by atomic mass is 10.1. The summed E-state index contributed by atoms with van der Waals surface area (Å²) in [6.45, 7) is 0. The SMILES string of the molecule is c1ccc(-c2nc3cc4oc5c(N(c6ccccc6)c6ccccc6)cccc5c4cc3o2)cc1. The summed E-state index contributed by atoms with van der Waals surface area (Å²) in [5.41, 5.74) is 7.19. The van der Waals surface area contributed by atoms with Crippen LogP contribution in [0, 0.1) is 0 Å². The predicted molar refractivity (Wildman–Crippen MR) is 141 cm³/mol. The van der Waals surface area contributed by atoms with Crippen LogP contribution in [0.2, 0.25) is 0 Å². The van der Waals surface area contributed by atoms with Crippen molar-refractivity contribution in [3.63, 3.8) is 0 Å². The molecule has 4 heteroatoms. The molecule has 0 spiro atoms. The fourth-order valence-corrected chi connectivity index (χ4v) is 4.67. The summed E-state index contributed by atoms with van der Waals surface area (Å²) < 4.78 is 12.6. The summed E-state index contributed by atoms with van der Waals surface area (Å²) in [6.07, 6.45) is 0. The lowest BCUT2D eigenvalue weighted by Crippen LogP contribution is -2.09. The van der Waals surface area contributed by atoms with Gasteiger partial charge in [-0.1, -0.05) is 66.7 Å². The normalized spacial score (nSPS) is 11.4. The Kier molecular flexibility index (Phi) is 4.42. The maximum absolute atomic E-state index is 6.51. The number of hydrogen-bond acceptors (Lipinski definition) is 4. The Morgan fingerprint density at radius 2 is 1.20 bits per heavy atom. The van der Waals surface area contributed by atoms with E-state index in [1.807, 2.05) is 78.9 Å². The standard InChI is InChI=1S/C31H20N2O2/c1-4-11-21(12-5-1)31-32-26-20-28-25(19-29(26)35-31)24-17-10-18-27(30(24)34-28)33(22-13-6-2-7-14-22)23-15-8-3-9-16-23/h1-20H. The molecule has 0 bridgehead atoms. The minimum Gasteiger partial charge on any atom is -0.454 e. The van der Waals surface area contributed by atoms with Gasteiger partial charge >= 0.3 is 0 Å². The number of rotatable bonds is 4. The van der Waals surface area contributed by atoms with Crippen molar-refractivity contribution in [2.75, 3.05) is 4.90 Å². The number of para-hydroxylation sites is 3. The van der Waals surface area contributed by atoms with Crippen molar-refractivity contribution in [2.45, 2.75) is 0 Å². The molecule has 0 saturated heterocycles. The summed E-state index contributed by atoms with van der Waals surface area (Å²) in [7, 11) is 0. The number of anilines is 3. The van der Waals surface area contributed by atoms with Crippen molar-refractivity contribution >= 4 is 50.1 Å². The Bertz CT molecular complexity index is 1750. The lowest BCUT2D eigenvalue weighted by Gasteiger charge is -2.25. The van der Waals surface area contributed by atoms with Gasteiger partial charge in [0.1, 0.15) is 11.1 Å². The molecule has 5 aromatic carbocycles. The minimum absolute atomic E-state index is 0.609. The molecule has 0 unspecified atom stereocenters. The number of nitrogens with zero attached hydrogens (tertiary/aromatic N) is 2. The number of benzene rings is 5. The number of fused-ring (bicyclic) bond motifs is 4. The van der Waals surface area contributed by atoms with Gasteiger partial charge in [-0.3, -0.25) is 0 Å². The zero-order valence-corrected chi connectivity index (χ0v) is 18.8. The summed E-state index contributed by atoms with van der Waals surface area (Å²) in [5.74, 6) is 0.609. The Labute approximate surface area is 201 Å². The van der Waals surface area contributed by atoms with E-state index in [-0.39, 0.29) is 0 Å². The Balaban J connectivity index is 1.44. The van der Waals surface area contributed by atoms with Crippen LogP contribution in [0.15, 0.2) is 130 Å². The molecule has 0 radical (unpaired) electrons. The van der Waals surface area contributed by atoms with Gasteiger partial charge in [0, 0.05) is 33.8 Å². The van der Waals surface area contributed by atoms with Crippen molar-refractivity contribution in [1.82, 2.24) is 4.98 Å². The third-order valence-corrected chi connectivity index (χ3v) is 6.28.